The average molecular weight is 288 g/mol. The molecule has 0 unspecified atom stereocenters. The summed E-state index contributed by atoms with van der Waals surface area (Å²) in [5.74, 6) is 0.875. The minimum absolute atomic E-state index is 0.0647. The maximum absolute atomic E-state index is 12.3. The van der Waals surface area contributed by atoms with Crippen LogP contribution in [0.5, 0.6) is 5.75 Å². The molecule has 1 amide bonds. The van der Waals surface area contributed by atoms with Gasteiger partial charge >= 0.3 is 0 Å². The highest BCUT2D eigenvalue weighted by molar-refractivity contribution is 5.78. The minimum Gasteiger partial charge on any atom is -0.484 e. The Hall–Kier alpha value is -1.55. The van der Waals surface area contributed by atoms with Crippen LogP contribution >= 0.6 is 0 Å². The lowest BCUT2D eigenvalue weighted by Crippen LogP contribution is -2.49. The normalized spacial score (nSPS) is 24.8. The predicted molar refractivity (Wildman–Crippen MR) is 82.3 cm³/mol. The van der Waals surface area contributed by atoms with E-state index in [2.05, 4.69) is 19.1 Å². The number of benzene rings is 1. The summed E-state index contributed by atoms with van der Waals surface area (Å²) in [5.41, 5.74) is 8.73. The number of aryl methyl sites for hydroxylation is 2. The number of nitrogens with two attached hydrogens (primary N) is 1. The molecule has 1 saturated heterocycles. The van der Waals surface area contributed by atoms with Crippen molar-refractivity contribution >= 4 is 5.91 Å². The van der Waals surface area contributed by atoms with Crippen LogP contribution in [-0.2, 0) is 17.6 Å². The van der Waals surface area contributed by atoms with Crippen molar-refractivity contribution < 1.29 is 9.53 Å². The molecule has 1 aliphatic heterocycles. The summed E-state index contributed by atoms with van der Waals surface area (Å²) in [7, 11) is 0. The first-order valence-electron chi connectivity index (χ1n) is 7.93. The molecule has 1 aliphatic carbocycles. The number of ether oxygens (including phenoxy) is 1. The van der Waals surface area contributed by atoms with Gasteiger partial charge in [0.2, 0.25) is 0 Å². The zero-order valence-corrected chi connectivity index (χ0v) is 12.7. The molecular formula is C17H24N2O2. The summed E-state index contributed by atoms with van der Waals surface area (Å²) in [4.78, 5) is 14.2. The third-order valence-electron chi connectivity index (χ3n) is 4.67. The largest absolute Gasteiger partial charge is 0.484 e. The zero-order valence-electron chi connectivity index (χ0n) is 12.7. The van der Waals surface area contributed by atoms with Crippen molar-refractivity contribution in [3.8, 4) is 5.75 Å². The Balaban J connectivity index is 1.56. The molecule has 2 aliphatic rings. The monoisotopic (exact) mass is 288 g/mol. The summed E-state index contributed by atoms with van der Waals surface area (Å²) in [6.45, 7) is 2.93. The third kappa shape index (κ3) is 3.21. The number of carbonyl (C=O) groups excluding carboxylic acids is 1. The molecule has 3 rings (SSSR count). The summed E-state index contributed by atoms with van der Waals surface area (Å²) >= 11 is 0. The van der Waals surface area contributed by atoms with Crippen molar-refractivity contribution in [3.05, 3.63) is 29.3 Å². The highest BCUT2D eigenvalue weighted by Crippen LogP contribution is 2.26. The number of likely N-dealkylation sites (tertiary alicyclic amines) is 1. The molecule has 4 nitrogen and oxygen atoms in total. The van der Waals surface area contributed by atoms with E-state index in [1.165, 1.54) is 24.0 Å². The Labute approximate surface area is 126 Å². The molecular weight excluding hydrogens is 264 g/mol. The van der Waals surface area contributed by atoms with E-state index >= 15 is 0 Å². The van der Waals surface area contributed by atoms with Gasteiger partial charge < -0.3 is 15.4 Å². The van der Waals surface area contributed by atoms with Crippen molar-refractivity contribution in [1.82, 2.24) is 4.90 Å². The van der Waals surface area contributed by atoms with Crippen LogP contribution < -0.4 is 10.5 Å². The van der Waals surface area contributed by atoms with Crippen LogP contribution in [0.4, 0.5) is 0 Å². The van der Waals surface area contributed by atoms with Crippen LogP contribution in [0, 0.1) is 0 Å². The fraction of sp³-hybridized carbons (Fsp3) is 0.588. The Morgan fingerprint density at radius 1 is 1.38 bits per heavy atom. The van der Waals surface area contributed by atoms with Gasteiger partial charge in [-0.15, -0.1) is 0 Å². The number of carbonyl (C=O) groups is 1. The van der Waals surface area contributed by atoms with Gasteiger partial charge in [0.1, 0.15) is 5.75 Å². The number of rotatable bonds is 3. The number of amides is 1. The SMILES string of the molecule is C[C@@H]1C[C@@H](N)CCN1C(=O)COc1ccc2c(c1)CCC2. The highest BCUT2D eigenvalue weighted by atomic mass is 16.5. The van der Waals surface area contributed by atoms with Crippen LogP contribution in [0.15, 0.2) is 18.2 Å². The molecule has 0 saturated carbocycles. The van der Waals surface area contributed by atoms with E-state index in [0.29, 0.717) is 0 Å². The molecule has 2 N–H and O–H groups in total. The van der Waals surface area contributed by atoms with E-state index < -0.39 is 0 Å². The van der Waals surface area contributed by atoms with E-state index in [9.17, 15) is 4.79 Å². The molecule has 4 heteroatoms. The van der Waals surface area contributed by atoms with Crippen LogP contribution in [-0.4, -0.2) is 36.0 Å². The van der Waals surface area contributed by atoms with E-state index in [0.717, 1.165) is 31.6 Å². The molecule has 21 heavy (non-hydrogen) atoms. The molecule has 2 atom stereocenters. The lowest BCUT2D eigenvalue weighted by atomic mass is 9.99. The first-order valence-corrected chi connectivity index (χ1v) is 7.93. The van der Waals surface area contributed by atoms with Gasteiger partial charge in [0.05, 0.1) is 0 Å². The summed E-state index contributed by atoms with van der Waals surface area (Å²) in [5, 5.41) is 0. The maximum Gasteiger partial charge on any atom is 0.260 e. The van der Waals surface area contributed by atoms with E-state index in [1.54, 1.807) is 0 Å². The van der Waals surface area contributed by atoms with E-state index in [1.807, 2.05) is 11.0 Å². The Kier molecular flexibility index (Phi) is 4.15. The van der Waals surface area contributed by atoms with E-state index in [4.69, 9.17) is 10.5 Å². The predicted octanol–water partition coefficient (Wildman–Crippen LogP) is 1.89. The van der Waals surface area contributed by atoms with E-state index in [-0.39, 0.29) is 24.6 Å². The van der Waals surface area contributed by atoms with Gasteiger partial charge in [-0.2, -0.15) is 0 Å². The molecule has 0 spiro atoms. The lowest BCUT2D eigenvalue weighted by molar-refractivity contribution is -0.136. The molecule has 0 aromatic heterocycles. The summed E-state index contributed by atoms with van der Waals surface area (Å²) in [6.07, 6.45) is 5.28. The Morgan fingerprint density at radius 2 is 2.19 bits per heavy atom. The summed E-state index contributed by atoms with van der Waals surface area (Å²) < 4.78 is 5.70. The van der Waals surface area contributed by atoms with Crippen LogP contribution in [0.3, 0.4) is 0 Å². The number of hydrogen-bond acceptors (Lipinski definition) is 3. The van der Waals surface area contributed by atoms with Gasteiger partial charge in [-0.1, -0.05) is 6.07 Å². The molecule has 0 radical (unpaired) electrons. The third-order valence-corrected chi connectivity index (χ3v) is 4.67. The van der Waals surface area contributed by atoms with Crippen molar-refractivity contribution in [2.24, 2.45) is 5.73 Å². The van der Waals surface area contributed by atoms with Crippen molar-refractivity contribution in [3.63, 3.8) is 0 Å². The first kappa shape index (κ1) is 14.4. The molecule has 114 valence electrons. The van der Waals surface area contributed by atoms with Gasteiger partial charge in [0.15, 0.2) is 6.61 Å². The molecule has 0 bridgehead atoms. The van der Waals surface area contributed by atoms with Gasteiger partial charge in [-0.05, 0) is 62.3 Å². The van der Waals surface area contributed by atoms with Gasteiger partial charge in [-0.3, -0.25) is 4.79 Å². The van der Waals surface area contributed by atoms with Crippen molar-refractivity contribution in [1.29, 1.82) is 0 Å². The van der Waals surface area contributed by atoms with Gasteiger partial charge in [-0.25, -0.2) is 0 Å². The average Bonchev–Trinajstić information content (AvgIpc) is 2.92. The van der Waals surface area contributed by atoms with Crippen LogP contribution in [0.25, 0.3) is 0 Å². The lowest BCUT2D eigenvalue weighted by Gasteiger charge is -2.36. The second kappa shape index (κ2) is 6.06. The molecule has 1 aromatic carbocycles. The standard InChI is InChI=1S/C17H24N2O2/c1-12-9-15(18)7-8-19(12)17(20)11-21-16-6-5-13-3-2-4-14(13)10-16/h5-6,10,12,15H,2-4,7-9,11,18H2,1H3/t12-,15+/m1/s1. The number of hydrogen-bond donors (Lipinski definition) is 1. The maximum atomic E-state index is 12.3. The van der Waals surface area contributed by atoms with Gasteiger partial charge in [0.25, 0.3) is 5.91 Å². The highest BCUT2D eigenvalue weighted by Gasteiger charge is 2.27. The Morgan fingerprint density at radius 3 is 3.00 bits per heavy atom. The summed E-state index contributed by atoms with van der Waals surface area (Å²) in [6, 6.07) is 6.63. The van der Waals surface area contributed by atoms with Crippen LogP contribution in [0.1, 0.15) is 37.3 Å². The molecule has 1 aromatic rings. The first-order chi connectivity index (χ1) is 10.1. The zero-order chi connectivity index (χ0) is 14.8. The topological polar surface area (TPSA) is 55.6 Å². The fourth-order valence-corrected chi connectivity index (χ4v) is 3.45. The number of nitrogens with zero attached hydrogens (tertiary/aromatic N) is 1. The van der Waals surface area contributed by atoms with Crippen molar-refractivity contribution in [2.75, 3.05) is 13.2 Å². The number of fused-ring (bicyclic) bond motifs is 1. The minimum atomic E-state index is 0.0647. The van der Waals surface area contributed by atoms with Crippen molar-refractivity contribution in [2.45, 2.75) is 51.1 Å². The molecule has 1 heterocycles. The second-order valence-electron chi connectivity index (χ2n) is 6.29. The Bertz CT molecular complexity index is 530. The van der Waals surface area contributed by atoms with Crippen LogP contribution in [0.2, 0.25) is 0 Å². The number of piperidine rings is 1. The quantitative estimate of drug-likeness (QED) is 0.924. The smallest absolute Gasteiger partial charge is 0.260 e. The fourth-order valence-electron chi connectivity index (χ4n) is 3.45. The second-order valence-corrected chi connectivity index (χ2v) is 6.29. The van der Waals surface area contributed by atoms with Gasteiger partial charge in [0, 0.05) is 18.6 Å². The molecule has 1 fully saturated rings.